The molecule has 6 heteroatoms. The SMILES string of the molecule is CC(c1ccnc(-c2ccnc3[nH]ccc23)n1)C(C)(N)C#N. The Hall–Kier alpha value is -2.78. The largest absolute Gasteiger partial charge is 0.346 e. The van der Waals surface area contributed by atoms with Crippen LogP contribution < -0.4 is 5.73 Å². The third kappa shape index (κ3) is 2.32. The molecular formula is C16H16N6. The van der Waals surface area contributed by atoms with Crippen LogP contribution in [0.25, 0.3) is 22.4 Å². The normalized spacial score (nSPS) is 15.2. The fourth-order valence-corrected chi connectivity index (χ4v) is 2.30. The topological polar surface area (TPSA) is 104 Å². The van der Waals surface area contributed by atoms with Gasteiger partial charge in [-0.25, -0.2) is 15.0 Å². The number of nitrogens with one attached hydrogen (secondary N) is 1. The molecule has 3 rings (SSSR count). The molecule has 3 N–H and O–H groups in total. The van der Waals surface area contributed by atoms with Gasteiger partial charge >= 0.3 is 0 Å². The van der Waals surface area contributed by atoms with Crippen LogP contribution in [0.5, 0.6) is 0 Å². The van der Waals surface area contributed by atoms with Crippen molar-refractivity contribution in [3.05, 3.63) is 42.5 Å². The number of hydrogen-bond acceptors (Lipinski definition) is 5. The van der Waals surface area contributed by atoms with Crippen LogP contribution in [0.3, 0.4) is 0 Å². The second-order valence-electron chi connectivity index (χ2n) is 5.52. The Kier molecular flexibility index (Phi) is 3.35. The van der Waals surface area contributed by atoms with Crippen LogP contribution in [0.4, 0.5) is 0 Å². The number of pyridine rings is 1. The Morgan fingerprint density at radius 2 is 2.05 bits per heavy atom. The summed E-state index contributed by atoms with van der Waals surface area (Å²) in [6.07, 6.45) is 5.25. The van der Waals surface area contributed by atoms with E-state index in [0.29, 0.717) is 5.82 Å². The van der Waals surface area contributed by atoms with Crippen LogP contribution in [-0.4, -0.2) is 25.5 Å². The molecule has 0 radical (unpaired) electrons. The van der Waals surface area contributed by atoms with Gasteiger partial charge in [-0.3, -0.25) is 0 Å². The van der Waals surface area contributed by atoms with Crippen molar-refractivity contribution in [2.24, 2.45) is 5.73 Å². The predicted octanol–water partition coefficient (Wildman–Crippen LogP) is 2.36. The maximum atomic E-state index is 9.19. The highest BCUT2D eigenvalue weighted by atomic mass is 14.9. The number of rotatable bonds is 3. The van der Waals surface area contributed by atoms with E-state index in [1.807, 2.05) is 25.3 Å². The van der Waals surface area contributed by atoms with Crippen LogP contribution in [0, 0.1) is 11.3 Å². The molecule has 22 heavy (non-hydrogen) atoms. The molecule has 3 heterocycles. The van der Waals surface area contributed by atoms with Crippen molar-refractivity contribution in [1.29, 1.82) is 5.26 Å². The Labute approximate surface area is 128 Å². The number of aromatic amines is 1. The van der Waals surface area contributed by atoms with Crippen molar-refractivity contribution in [3.63, 3.8) is 0 Å². The molecule has 2 atom stereocenters. The molecule has 0 bridgehead atoms. The molecule has 110 valence electrons. The van der Waals surface area contributed by atoms with Crippen molar-refractivity contribution in [2.45, 2.75) is 25.3 Å². The summed E-state index contributed by atoms with van der Waals surface area (Å²) in [6, 6.07) is 7.75. The molecule has 0 amide bonds. The molecule has 0 aliphatic heterocycles. The van der Waals surface area contributed by atoms with Crippen LogP contribution >= 0.6 is 0 Å². The number of fused-ring (bicyclic) bond motifs is 1. The van der Waals surface area contributed by atoms with E-state index in [9.17, 15) is 5.26 Å². The standard InChI is InChI=1S/C16H16N6/c1-10(16(2,18)9-17)13-5-8-21-15(22-13)12-4-7-20-14-11(12)3-6-19-14/h3-8,10H,18H2,1-2H3,(H,19,20). The number of nitriles is 1. The first-order valence-corrected chi connectivity index (χ1v) is 6.98. The van der Waals surface area contributed by atoms with Gasteiger partial charge in [0.1, 0.15) is 11.2 Å². The number of nitrogens with two attached hydrogens (primary N) is 1. The fourth-order valence-electron chi connectivity index (χ4n) is 2.30. The van der Waals surface area contributed by atoms with Crippen molar-refractivity contribution in [2.75, 3.05) is 0 Å². The molecule has 3 aromatic rings. The molecule has 2 unspecified atom stereocenters. The van der Waals surface area contributed by atoms with Gasteiger partial charge in [0.05, 0.1) is 11.8 Å². The smallest absolute Gasteiger partial charge is 0.160 e. The van der Waals surface area contributed by atoms with E-state index >= 15 is 0 Å². The summed E-state index contributed by atoms with van der Waals surface area (Å²) in [7, 11) is 0. The summed E-state index contributed by atoms with van der Waals surface area (Å²) in [5.41, 5.74) is 7.48. The van der Waals surface area contributed by atoms with Gasteiger partial charge in [0.15, 0.2) is 5.82 Å². The first-order chi connectivity index (χ1) is 10.5. The maximum Gasteiger partial charge on any atom is 0.160 e. The van der Waals surface area contributed by atoms with E-state index in [4.69, 9.17) is 5.73 Å². The average molecular weight is 292 g/mol. The molecule has 0 saturated heterocycles. The van der Waals surface area contributed by atoms with E-state index in [0.717, 1.165) is 22.3 Å². The van der Waals surface area contributed by atoms with Gasteiger partial charge < -0.3 is 10.7 Å². The lowest BCUT2D eigenvalue weighted by molar-refractivity contribution is 0.490. The Morgan fingerprint density at radius 1 is 1.27 bits per heavy atom. The van der Waals surface area contributed by atoms with Crippen LogP contribution in [0.2, 0.25) is 0 Å². The first kappa shape index (κ1) is 14.2. The average Bonchev–Trinajstić information content (AvgIpc) is 3.02. The summed E-state index contributed by atoms with van der Waals surface area (Å²) in [5, 5.41) is 10.2. The van der Waals surface area contributed by atoms with Crippen LogP contribution in [0.1, 0.15) is 25.5 Å². The number of H-pyrrole nitrogens is 1. The van der Waals surface area contributed by atoms with Gasteiger partial charge in [-0.1, -0.05) is 6.92 Å². The second-order valence-corrected chi connectivity index (χ2v) is 5.52. The fraction of sp³-hybridized carbons (Fsp3) is 0.250. The van der Waals surface area contributed by atoms with Crippen molar-refractivity contribution in [3.8, 4) is 17.5 Å². The molecule has 0 spiro atoms. The van der Waals surface area contributed by atoms with Gasteiger partial charge in [0.2, 0.25) is 0 Å². The highest BCUT2D eigenvalue weighted by molar-refractivity contribution is 5.90. The summed E-state index contributed by atoms with van der Waals surface area (Å²) >= 11 is 0. The highest BCUT2D eigenvalue weighted by Gasteiger charge is 2.29. The quantitative estimate of drug-likeness (QED) is 0.771. The summed E-state index contributed by atoms with van der Waals surface area (Å²) in [6.45, 7) is 3.60. The lowest BCUT2D eigenvalue weighted by Gasteiger charge is -2.23. The van der Waals surface area contributed by atoms with E-state index in [1.165, 1.54) is 0 Å². The lowest BCUT2D eigenvalue weighted by Crippen LogP contribution is -2.40. The predicted molar refractivity (Wildman–Crippen MR) is 83.7 cm³/mol. The first-order valence-electron chi connectivity index (χ1n) is 6.98. The summed E-state index contributed by atoms with van der Waals surface area (Å²) < 4.78 is 0. The Bertz CT molecular complexity index is 858. The number of hydrogen-bond donors (Lipinski definition) is 2. The zero-order valence-corrected chi connectivity index (χ0v) is 12.4. The van der Waals surface area contributed by atoms with Crippen LogP contribution in [-0.2, 0) is 0 Å². The molecule has 0 aromatic carbocycles. The molecule has 0 aliphatic rings. The molecule has 0 saturated carbocycles. The minimum atomic E-state index is -0.979. The molecule has 0 aliphatic carbocycles. The minimum Gasteiger partial charge on any atom is -0.346 e. The minimum absolute atomic E-state index is 0.206. The number of aromatic nitrogens is 4. The van der Waals surface area contributed by atoms with E-state index in [2.05, 4.69) is 26.0 Å². The van der Waals surface area contributed by atoms with E-state index in [-0.39, 0.29) is 5.92 Å². The monoisotopic (exact) mass is 292 g/mol. The van der Waals surface area contributed by atoms with Gasteiger partial charge in [-0.15, -0.1) is 0 Å². The molecule has 0 fully saturated rings. The Balaban J connectivity index is 2.09. The van der Waals surface area contributed by atoms with Gasteiger partial charge in [0.25, 0.3) is 0 Å². The van der Waals surface area contributed by atoms with Gasteiger partial charge in [-0.2, -0.15) is 5.26 Å². The van der Waals surface area contributed by atoms with Crippen molar-refractivity contribution in [1.82, 2.24) is 19.9 Å². The maximum absolute atomic E-state index is 9.19. The van der Waals surface area contributed by atoms with Crippen molar-refractivity contribution >= 4 is 11.0 Å². The molecular weight excluding hydrogens is 276 g/mol. The molecule has 3 aromatic heterocycles. The number of nitrogens with zero attached hydrogens (tertiary/aromatic N) is 4. The molecule has 6 nitrogen and oxygen atoms in total. The van der Waals surface area contributed by atoms with E-state index in [1.54, 1.807) is 25.4 Å². The third-order valence-corrected chi connectivity index (χ3v) is 3.96. The van der Waals surface area contributed by atoms with Crippen LogP contribution in [0.15, 0.2) is 36.8 Å². The second kappa shape index (κ2) is 5.20. The third-order valence-electron chi connectivity index (χ3n) is 3.96. The highest BCUT2D eigenvalue weighted by Crippen LogP contribution is 2.28. The Morgan fingerprint density at radius 3 is 2.82 bits per heavy atom. The van der Waals surface area contributed by atoms with Gasteiger partial charge in [0, 0.05) is 35.5 Å². The summed E-state index contributed by atoms with van der Waals surface area (Å²) in [5.74, 6) is 0.396. The van der Waals surface area contributed by atoms with Crippen molar-refractivity contribution < 1.29 is 0 Å². The lowest BCUT2D eigenvalue weighted by atomic mass is 9.87. The van der Waals surface area contributed by atoms with Gasteiger partial charge in [-0.05, 0) is 25.1 Å². The summed E-state index contributed by atoms with van der Waals surface area (Å²) in [4.78, 5) is 16.3. The zero-order chi connectivity index (χ0) is 15.7. The zero-order valence-electron chi connectivity index (χ0n) is 12.4. The van der Waals surface area contributed by atoms with E-state index < -0.39 is 5.54 Å².